The van der Waals surface area contributed by atoms with Crippen molar-refractivity contribution in [2.45, 2.75) is 25.9 Å². The number of nitrogens with one attached hydrogen (secondary N) is 1. The summed E-state index contributed by atoms with van der Waals surface area (Å²) >= 11 is 13.4. The molecule has 1 atom stereocenters. The third-order valence-corrected chi connectivity index (χ3v) is 4.36. The molecule has 0 saturated heterocycles. The van der Waals surface area contributed by atoms with Crippen molar-refractivity contribution < 1.29 is 14.3 Å². The molecule has 1 aromatic heterocycles. The first-order valence-electron chi connectivity index (χ1n) is 6.92. The molecule has 0 spiro atoms. The number of halogens is 2. The average molecular weight is 372 g/mol. The van der Waals surface area contributed by atoms with Crippen molar-refractivity contribution in [2.24, 2.45) is 0 Å². The first-order valence-corrected chi connectivity index (χ1v) is 8.62. The van der Waals surface area contributed by atoms with Crippen molar-refractivity contribution in [3.05, 3.63) is 50.6 Å². The summed E-state index contributed by atoms with van der Waals surface area (Å²) in [6.45, 7) is 1.51. The molecule has 4 nitrogen and oxygen atoms in total. The zero-order chi connectivity index (χ0) is 16.8. The van der Waals surface area contributed by atoms with E-state index < -0.39 is 18.0 Å². The zero-order valence-electron chi connectivity index (χ0n) is 12.3. The number of carbonyl (C=O) groups excluding carboxylic acids is 2. The van der Waals surface area contributed by atoms with Crippen LogP contribution in [0.3, 0.4) is 0 Å². The third kappa shape index (κ3) is 5.53. The molecule has 7 heteroatoms. The normalized spacial score (nSPS) is 11.8. The highest BCUT2D eigenvalue weighted by atomic mass is 35.5. The molecule has 23 heavy (non-hydrogen) atoms. The van der Waals surface area contributed by atoms with Gasteiger partial charge in [-0.25, -0.2) is 0 Å². The molecule has 0 saturated carbocycles. The fraction of sp³-hybridized carbons (Fsp3) is 0.250. The second-order valence-electron chi connectivity index (χ2n) is 4.88. The van der Waals surface area contributed by atoms with Gasteiger partial charge in [-0.3, -0.25) is 9.59 Å². The van der Waals surface area contributed by atoms with E-state index >= 15 is 0 Å². The Hall–Kier alpha value is -1.56. The van der Waals surface area contributed by atoms with Crippen molar-refractivity contribution in [3.63, 3.8) is 0 Å². The molecule has 0 radical (unpaired) electrons. The molecule has 1 aromatic carbocycles. The van der Waals surface area contributed by atoms with Crippen LogP contribution in [-0.4, -0.2) is 18.0 Å². The van der Waals surface area contributed by atoms with E-state index in [1.807, 2.05) is 16.8 Å². The minimum absolute atomic E-state index is 0.228. The molecule has 0 aliphatic heterocycles. The standard InChI is InChI=1S/C16H15Cl2NO3S/c1-10(22-15(20)5-2-11-6-7-23-9-11)16(21)19-14-8-12(17)3-4-13(14)18/h3-4,6-10H,2,5H2,1H3,(H,19,21)/t10-/m0/s1. The summed E-state index contributed by atoms with van der Waals surface area (Å²) in [5.41, 5.74) is 1.46. The van der Waals surface area contributed by atoms with Crippen molar-refractivity contribution in [1.29, 1.82) is 0 Å². The van der Waals surface area contributed by atoms with Gasteiger partial charge in [0, 0.05) is 11.4 Å². The highest BCUT2D eigenvalue weighted by Crippen LogP contribution is 2.25. The smallest absolute Gasteiger partial charge is 0.306 e. The maximum absolute atomic E-state index is 12.1. The van der Waals surface area contributed by atoms with E-state index in [0.717, 1.165) is 5.56 Å². The summed E-state index contributed by atoms with van der Waals surface area (Å²) in [5, 5.41) is 7.33. The largest absolute Gasteiger partial charge is 0.453 e. The molecule has 2 rings (SSSR count). The first kappa shape index (κ1) is 17.8. The van der Waals surface area contributed by atoms with Crippen LogP contribution in [-0.2, 0) is 20.7 Å². The van der Waals surface area contributed by atoms with Gasteiger partial charge in [0.2, 0.25) is 0 Å². The molecule has 0 bridgehead atoms. The number of hydrogen-bond donors (Lipinski definition) is 1. The Labute approximate surface area is 148 Å². The number of esters is 1. The van der Waals surface area contributed by atoms with E-state index in [-0.39, 0.29) is 6.42 Å². The highest BCUT2D eigenvalue weighted by molar-refractivity contribution is 7.07. The number of carbonyl (C=O) groups is 2. The van der Waals surface area contributed by atoms with E-state index in [9.17, 15) is 9.59 Å². The van der Waals surface area contributed by atoms with E-state index in [1.165, 1.54) is 13.0 Å². The fourth-order valence-electron chi connectivity index (χ4n) is 1.82. The average Bonchev–Trinajstić information content (AvgIpc) is 3.02. The van der Waals surface area contributed by atoms with Crippen LogP contribution < -0.4 is 5.32 Å². The van der Waals surface area contributed by atoms with Gasteiger partial charge < -0.3 is 10.1 Å². The van der Waals surface area contributed by atoms with Gasteiger partial charge in [0.15, 0.2) is 6.10 Å². The zero-order valence-corrected chi connectivity index (χ0v) is 14.7. The summed E-state index contributed by atoms with van der Waals surface area (Å²) in [5.74, 6) is -0.880. The first-order chi connectivity index (χ1) is 11.0. The van der Waals surface area contributed by atoms with Gasteiger partial charge in [0.1, 0.15) is 0 Å². The molecule has 0 unspecified atom stereocenters. The Kier molecular flexibility index (Phi) is 6.45. The predicted octanol–water partition coefficient (Wildman–Crippen LogP) is 4.56. The number of benzene rings is 1. The maximum atomic E-state index is 12.1. The van der Waals surface area contributed by atoms with Crippen LogP contribution in [0.4, 0.5) is 5.69 Å². The summed E-state index contributed by atoms with van der Waals surface area (Å²) in [4.78, 5) is 23.8. The molecule has 1 heterocycles. The Morgan fingerprint density at radius 2 is 2.09 bits per heavy atom. The Balaban J connectivity index is 1.84. The molecule has 0 aliphatic rings. The molecular weight excluding hydrogens is 357 g/mol. The van der Waals surface area contributed by atoms with Crippen LogP contribution in [0.25, 0.3) is 0 Å². The Morgan fingerprint density at radius 3 is 2.78 bits per heavy atom. The van der Waals surface area contributed by atoms with Gasteiger partial charge in [-0.1, -0.05) is 23.2 Å². The number of hydrogen-bond acceptors (Lipinski definition) is 4. The third-order valence-electron chi connectivity index (χ3n) is 3.06. The van der Waals surface area contributed by atoms with Gasteiger partial charge in [-0.2, -0.15) is 11.3 Å². The number of aryl methyl sites for hydroxylation is 1. The number of rotatable bonds is 6. The predicted molar refractivity (Wildman–Crippen MR) is 93.3 cm³/mol. The minimum Gasteiger partial charge on any atom is -0.453 e. The SMILES string of the molecule is C[C@H](OC(=O)CCc1ccsc1)C(=O)Nc1cc(Cl)ccc1Cl. The maximum Gasteiger partial charge on any atom is 0.306 e. The second-order valence-corrected chi connectivity index (χ2v) is 6.50. The highest BCUT2D eigenvalue weighted by Gasteiger charge is 2.19. The lowest BCUT2D eigenvalue weighted by atomic mass is 10.2. The molecule has 1 N–H and O–H groups in total. The van der Waals surface area contributed by atoms with Crippen molar-refractivity contribution in [3.8, 4) is 0 Å². The fourth-order valence-corrected chi connectivity index (χ4v) is 2.86. The van der Waals surface area contributed by atoms with Crippen LogP contribution in [0, 0.1) is 0 Å². The lowest BCUT2D eigenvalue weighted by Crippen LogP contribution is -2.30. The van der Waals surface area contributed by atoms with Gasteiger partial charge in [-0.05, 0) is 53.9 Å². The van der Waals surface area contributed by atoms with Crippen molar-refractivity contribution in [1.82, 2.24) is 0 Å². The Bertz CT molecular complexity index is 689. The molecule has 0 fully saturated rings. The lowest BCUT2D eigenvalue weighted by molar-refractivity contribution is -0.153. The molecule has 122 valence electrons. The number of amides is 1. The topological polar surface area (TPSA) is 55.4 Å². The van der Waals surface area contributed by atoms with E-state index in [2.05, 4.69) is 5.32 Å². The van der Waals surface area contributed by atoms with Gasteiger partial charge >= 0.3 is 5.97 Å². The van der Waals surface area contributed by atoms with E-state index in [0.29, 0.717) is 22.2 Å². The summed E-state index contributed by atoms with van der Waals surface area (Å²) in [7, 11) is 0. The number of thiophene rings is 1. The monoisotopic (exact) mass is 371 g/mol. The van der Waals surface area contributed by atoms with Crippen molar-refractivity contribution >= 4 is 52.1 Å². The van der Waals surface area contributed by atoms with Crippen LogP contribution in [0.1, 0.15) is 18.9 Å². The van der Waals surface area contributed by atoms with Gasteiger partial charge in [-0.15, -0.1) is 0 Å². The minimum atomic E-state index is -0.917. The van der Waals surface area contributed by atoms with Gasteiger partial charge in [0.25, 0.3) is 5.91 Å². The second kappa shape index (κ2) is 8.34. The number of ether oxygens (including phenoxy) is 1. The lowest BCUT2D eigenvalue weighted by Gasteiger charge is -2.14. The van der Waals surface area contributed by atoms with Crippen LogP contribution in [0.2, 0.25) is 10.0 Å². The summed E-state index contributed by atoms with van der Waals surface area (Å²) in [6, 6.07) is 6.69. The molecule has 0 aliphatic carbocycles. The Morgan fingerprint density at radius 1 is 1.30 bits per heavy atom. The van der Waals surface area contributed by atoms with E-state index in [4.69, 9.17) is 27.9 Å². The van der Waals surface area contributed by atoms with Crippen LogP contribution in [0.5, 0.6) is 0 Å². The van der Waals surface area contributed by atoms with Crippen molar-refractivity contribution in [2.75, 3.05) is 5.32 Å². The van der Waals surface area contributed by atoms with Gasteiger partial charge in [0.05, 0.1) is 10.7 Å². The van der Waals surface area contributed by atoms with Crippen LogP contribution >= 0.6 is 34.5 Å². The summed E-state index contributed by atoms with van der Waals surface area (Å²) < 4.78 is 5.13. The molecular formula is C16H15Cl2NO3S. The number of anilines is 1. The molecule has 2 aromatic rings. The van der Waals surface area contributed by atoms with Crippen LogP contribution in [0.15, 0.2) is 35.0 Å². The summed E-state index contributed by atoms with van der Waals surface area (Å²) in [6.07, 6.45) is -0.0942. The quantitative estimate of drug-likeness (QED) is 0.757. The van der Waals surface area contributed by atoms with E-state index in [1.54, 1.807) is 23.5 Å². The molecule has 1 amide bonds.